The van der Waals surface area contributed by atoms with E-state index in [1.54, 1.807) is 6.07 Å². The van der Waals surface area contributed by atoms with E-state index in [0.29, 0.717) is 12.8 Å². The minimum absolute atomic E-state index is 0.0611. The van der Waals surface area contributed by atoms with Crippen LogP contribution in [0, 0.1) is 0 Å². The molecule has 0 spiro atoms. The first-order valence-corrected chi connectivity index (χ1v) is 6.52. The van der Waals surface area contributed by atoms with Crippen molar-refractivity contribution in [1.82, 2.24) is 0 Å². The zero-order valence-electron chi connectivity index (χ0n) is 10.6. The van der Waals surface area contributed by atoms with Gasteiger partial charge in [-0.25, -0.2) is 0 Å². The summed E-state index contributed by atoms with van der Waals surface area (Å²) in [6.07, 6.45) is -0.0336. The molecule has 106 valence electrons. The van der Waals surface area contributed by atoms with Gasteiger partial charge in [0.2, 0.25) is 0 Å². The third-order valence-corrected chi connectivity index (χ3v) is 3.75. The van der Waals surface area contributed by atoms with Crippen LogP contribution >= 0.6 is 0 Å². The van der Waals surface area contributed by atoms with Crippen LogP contribution in [0.15, 0.2) is 24.3 Å². The topological polar surface area (TPSA) is 32.3 Å². The lowest BCUT2D eigenvalue weighted by Gasteiger charge is -2.38. The van der Waals surface area contributed by atoms with E-state index < -0.39 is 17.3 Å². The Bertz CT molecular complexity index is 425. The highest BCUT2D eigenvalue weighted by Gasteiger charge is 2.37. The second-order valence-electron chi connectivity index (χ2n) is 5.17. The van der Waals surface area contributed by atoms with Crippen LogP contribution in [-0.4, -0.2) is 17.3 Å². The first kappa shape index (κ1) is 14.2. The maximum atomic E-state index is 12.9. The molecule has 0 bridgehead atoms. The van der Waals surface area contributed by atoms with Crippen LogP contribution in [0.25, 0.3) is 0 Å². The first-order valence-electron chi connectivity index (χ1n) is 6.52. The van der Waals surface area contributed by atoms with Gasteiger partial charge in [0.25, 0.3) is 0 Å². The Hall–Kier alpha value is -1.23. The quantitative estimate of drug-likeness (QED) is 0.877. The molecule has 1 fully saturated rings. The number of aliphatic hydroxyl groups is 1. The molecular formula is C14H18F3NO. The Morgan fingerprint density at radius 2 is 1.74 bits per heavy atom. The largest absolute Gasteiger partial charge is 0.418 e. The van der Waals surface area contributed by atoms with Crippen molar-refractivity contribution in [1.29, 1.82) is 0 Å². The fraction of sp³-hybridized carbons (Fsp3) is 0.571. The van der Waals surface area contributed by atoms with Gasteiger partial charge in [-0.1, -0.05) is 31.4 Å². The zero-order chi connectivity index (χ0) is 13.9. The molecule has 1 aromatic carbocycles. The van der Waals surface area contributed by atoms with Crippen LogP contribution in [-0.2, 0) is 6.18 Å². The molecule has 0 heterocycles. The number of para-hydroxylation sites is 1. The van der Waals surface area contributed by atoms with Crippen molar-refractivity contribution >= 4 is 5.69 Å². The summed E-state index contributed by atoms with van der Waals surface area (Å²) >= 11 is 0. The molecule has 2 N–H and O–H groups in total. The normalized spacial score (nSPS) is 19.2. The second-order valence-corrected chi connectivity index (χ2v) is 5.17. The Labute approximate surface area is 110 Å². The number of halogens is 3. The summed E-state index contributed by atoms with van der Waals surface area (Å²) < 4.78 is 38.8. The number of benzene rings is 1. The van der Waals surface area contributed by atoms with Gasteiger partial charge >= 0.3 is 6.18 Å². The molecule has 0 aliphatic heterocycles. The van der Waals surface area contributed by atoms with E-state index in [1.165, 1.54) is 12.1 Å². The minimum atomic E-state index is -4.38. The lowest BCUT2D eigenvalue weighted by molar-refractivity contribution is -0.137. The van der Waals surface area contributed by atoms with Gasteiger partial charge in [-0.05, 0) is 25.0 Å². The van der Waals surface area contributed by atoms with E-state index in [2.05, 4.69) is 5.32 Å². The molecule has 19 heavy (non-hydrogen) atoms. The number of aliphatic hydroxyl groups excluding tert-OH is 1. The number of hydrogen-bond donors (Lipinski definition) is 2. The smallest absolute Gasteiger partial charge is 0.394 e. The molecular weight excluding hydrogens is 255 g/mol. The van der Waals surface area contributed by atoms with E-state index in [9.17, 15) is 18.3 Å². The molecule has 1 aliphatic carbocycles. The molecule has 1 aromatic rings. The molecule has 2 nitrogen and oxygen atoms in total. The summed E-state index contributed by atoms with van der Waals surface area (Å²) in [5.74, 6) is 0. The number of hydrogen-bond acceptors (Lipinski definition) is 2. The number of alkyl halides is 3. The molecule has 1 aliphatic rings. The van der Waals surface area contributed by atoms with Gasteiger partial charge < -0.3 is 10.4 Å². The van der Waals surface area contributed by atoms with Crippen LogP contribution in [0.4, 0.5) is 18.9 Å². The summed E-state index contributed by atoms with van der Waals surface area (Å²) in [5.41, 5.74) is -1.22. The molecule has 5 heteroatoms. The van der Waals surface area contributed by atoms with E-state index in [4.69, 9.17) is 0 Å². The second kappa shape index (κ2) is 5.41. The van der Waals surface area contributed by atoms with Crippen molar-refractivity contribution in [2.24, 2.45) is 0 Å². The molecule has 0 unspecified atom stereocenters. The summed E-state index contributed by atoms with van der Waals surface area (Å²) in [6.45, 7) is -0.140. The fourth-order valence-corrected chi connectivity index (χ4v) is 2.68. The monoisotopic (exact) mass is 273 g/mol. The zero-order valence-corrected chi connectivity index (χ0v) is 10.6. The number of nitrogens with one attached hydrogen (secondary N) is 1. The van der Waals surface area contributed by atoms with Crippen LogP contribution in [0.3, 0.4) is 0 Å². The molecule has 1 saturated carbocycles. The van der Waals surface area contributed by atoms with Crippen LogP contribution in [0.5, 0.6) is 0 Å². The van der Waals surface area contributed by atoms with Gasteiger partial charge in [-0.2, -0.15) is 13.2 Å². The van der Waals surface area contributed by atoms with Gasteiger partial charge in [-0.3, -0.25) is 0 Å². The first-order chi connectivity index (χ1) is 8.97. The summed E-state index contributed by atoms with van der Waals surface area (Å²) in [4.78, 5) is 0. The highest BCUT2D eigenvalue weighted by molar-refractivity contribution is 5.54. The van der Waals surface area contributed by atoms with Crippen molar-refractivity contribution in [3.05, 3.63) is 29.8 Å². The molecule has 0 saturated heterocycles. The lowest BCUT2D eigenvalue weighted by Crippen LogP contribution is -2.44. The summed E-state index contributed by atoms with van der Waals surface area (Å²) in [6, 6.07) is 5.44. The van der Waals surface area contributed by atoms with Crippen LogP contribution in [0.1, 0.15) is 37.7 Å². The third-order valence-electron chi connectivity index (χ3n) is 3.75. The number of anilines is 1. The van der Waals surface area contributed by atoms with Gasteiger partial charge in [0.05, 0.1) is 17.7 Å². The predicted octanol–water partition coefficient (Wildman–Crippen LogP) is 3.81. The molecule has 0 amide bonds. The Balaban J connectivity index is 2.27. The Morgan fingerprint density at radius 1 is 1.11 bits per heavy atom. The van der Waals surface area contributed by atoms with Crippen molar-refractivity contribution in [3.8, 4) is 0 Å². The highest BCUT2D eigenvalue weighted by Crippen LogP contribution is 2.38. The van der Waals surface area contributed by atoms with Gasteiger partial charge in [0, 0.05) is 5.69 Å². The molecule has 2 rings (SSSR count). The highest BCUT2D eigenvalue weighted by atomic mass is 19.4. The van der Waals surface area contributed by atoms with Gasteiger partial charge in [0.15, 0.2) is 0 Å². The SMILES string of the molecule is OCC1(Nc2ccccc2C(F)(F)F)CCCCC1. The Kier molecular flexibility index (Phi) is 4.04. The van der Waals surface area contributed by atoms with Crippen LogP contribution < -0.4 is 5.32 Å². The van der Waals surface area contributed by atoms with Crippen LogP contribution in [0.2, 0.25) is 0 Å². The van der Waals surface area contributed by atoms with E-state index in [1.807, 2.05) is 0 Å². The van der Waals surface area contributed by atoms with Crippen molar-refractivity contribution in [2.45, 2.75) is 43.8 Å². The maximum absolute atomic E-state index is 12.9. The van der Waals surface area contributed by atoms with Crippen molar-refractivity contribution in [2.75, 3.05) is 11.9 Å². The van der Waals surface area contributed by atoms with Crippen molar-refractivity contribution in [3.63, 3.8) is 0 Å². The average molecular weight is 273 g/mol. The Morgan fingerprint density at radius 3 is 2.32 bits per heavy atom. The molecule has 0 aromatic heterocycles. The molecule has 0 radical (unpaired) electrons. The van der Waals surface area contributed by atoms with E-state index >= 15 is 0 Å². The predicted molar refractivity (Wildman–Crippen MR) is 68.0 cm³/mol. The van der Waals surface area contributed by atoms with E-state index in [-0.39, 0.29) is 12.3 Å². The standard InChI is InChI=1S/C14H18F3NO/c15-14(16,17)11-6-2-3-7-12(11)18-13(10-19)8-4-1-5-9-13/h2-3,6-7,18-19H,1,4-5,8-10H2. The average Bonchev–Trinajstić information content (AvgIpc) is 2.39. The third kappa shape index (κ3) is 3.21. The van der Waals surface area contributed by atoms with Gasteiger partial charge in [0.1, 0.15) is 0 Å². The van der Waals surface area contributed by atoms with Crippen molar-refractivity contribution < 1.29 is 18.3 Å². The minimum Gasteiger partial charge on any atom is -0.394 e. The number of rotatable bonds is 3. The summed E-state index contributed by atoms with van der Waals surface area (Å²) in [7, 11) is 0. The maximum Gasteiger partial charge on any atom is 0.418 e. The molecule has 0 atom stereocenters. The lowest BCUT2D eigenvalue weighted by atomic mass is 9.82. The van der Waals surface area contributed by atoms with E-state index in [0.717, 1.165) is 25.3 Å². The van der Waals surface area contributed by atoms with Gasteiger partial charge in [-0.15, -0.1) is 0 Å². The summed E-state index contributed by atoms with van der Waals surface area (Å²) in [5, 5.41) is 12.5. The fourth-order valence-electron chi connectivity index (χ4n) is 2.68.